The minimum absolute atomic E-state index is 0.266. The molecule has 18 heavy (non-hydrogen) atoms. The average Bonchev–Trinajstić information content (AvgIpc) is 2.33. The number of nitrogens with two attached hydrogens (primary N) is 1. The Morgan fingerprint density at radius 2 is 2.06 bits per heavy atom. The molecule has 1 amide bonds. The van der Waals surface area contributed by atoms with Gasteiger partial charge in [-0.2, -0.15) is 0 Å². The van der Waals surface area contributed by atoms with Gasteiger partial charge in [0, 0.05) is 6.54 Å². The minimum atomic E-state index is -0.560. The van der Waals surface area contributed by atoms with E-state index in [0.717, 1.165) is 38.3 Å². The van der Waals surface area contributed by atoms with Gasteiger partial charge in [-0.25, -0.2) is 0 Å². The highest BCUT2D eigenvalue weighted by atomic mass is 16.1. The van der Waals surface area contributed by atoms with Crippen molar-refractivity contribution < 1.29 is 4.79 Å². The summed E-state index contributed by atoms with van der Waals surface area (Å²) in [6.07, 6.45) is 4.16. The van der Waals surface area contributed by atoms with Gasteiger partial charge in [0.1, 0.15) is 0 Å². The molecule has 0 radical (unpaired) electrons. The molecular formula is C14H31N3O. The highest BCUT2D eigenvalue weighted by Crippen LogP contribution is 2.13. The topological polar surface area (TPSA) is 58.4 Å². The first-order valence-electron chi connectivity index (χ1n) is 7.03. The Balaban J connectivity index is 3.82. The Morgan fingerprint density at radius 3 is 2.50 bits per heavy atom. The van der Waals surface area contributed by atoms with Crippen LogP contribution in [0.25, 0.3) is 0 Å². The molecule has 0 aromatic carbocycles. The molecule has 3 N–H and O–H groups in total. The van der Waals surface area contributed by atoms with Crippen LogP contribution in [0.3, 0.4) is 0 Å². The molecule has 0 heterocycles. The van der Waals surface area contributed by atoms with Crippen molar-refractivity contribution in [1.29, 1.82) is 0 Å². The molecule has 0 saturated heterocycles. The molecule has 0 saturated carbocycles. The number of rotatable bonds is 10. The van der Waals surface area contributed by atoms with Crippen LogP contribution in [0.15, 0.2) is 0 Å². The molecule has 2 atom stereocenters. The summed E-state index contributed by atoms with van der Waals surface area (Å²) in [6.45, 7) is 8.61. The normalized spacial score (nSPS) is 16.6. The maximum Gasteiger partial charge on any atom is 0.237 e. The molecule has 4 heteroatoms. The number of nitrogens with zero attached hydrogens (tertiary/aromatic N) is 1. The maximum absolute atomic E-state index is 11.3. The molecule has 4 nitrogen and oxygen atoms in total. The van der Waals surface area contributed by atoms with Gasteiger partial charge >= 0.3 is 0 Å². The van der Waals surface area contributed by atoms with Gasteiger partial charge in [0.15, 0.2) is 0 Å². The van der Waals surface area contributed by atoms with E-state index in [9.17, 15) is 4.79 Å². The zero-order valence-corrected chi connectivity index (χ0v) is 12.8. The SMILES string of the molecule is CCC(C)CN(C)CCCCC(C)(NC)C(N)=O. The first-order chi connectivity index (χ1) is 8.35. The Hall–Kier alpha value is -0.610. The van der Waals surface area contributed by atoms with Gasteiger partial charge in [-0.05, 0) is 52.7 Å². The molecule has 0 rings (SSSR count). The second kappa shape index (κ2) is 8.48. The third kappa shape index (κ3) is 6.36. The summed E-state index contributed by atoms with van der Waals surface area (Å²) in [4.78, 5) is 13.7. The van der Waals surface area contributed by atoms with Gasteiger partial charge in [-0.15, -0.1) is 0 Å². The molecular weight excluding hydrogens is 226 g/mol. The van der Waals surface area contributed by atoms with Crippen molar-refractivity contribution in [3.8, 4) is 0 Å². The van der Waals surface area contributed by atoms with E-state index in [1.807, 2.05) is 6.92 Å². The van der Waals surface area contributed by atoms with Gasteiger partial charge in [-0.1, -0.05) is 20.3 Å². The predicted octanol–water partition coefficient (Wildman–Crippen LogP) is 1.60. The predicted molar refractivity (Wildman–Crippen MR) is 77.5 cm³/mol. The number of nitrogens with one attached hydrogen (secondary N) is 1. The third-order valence-electron chi connectivity index (χ3n) is 3.88. The summed E-state index contributed by atoms with van der Waals surface area (Å²) in [7, 11) is 3.96. The summed E-state index contributed by atoms with van der Waals surface area (Å²) in [6, 6.07) is 0. The first kappa shape index (κ1) is 17.4. The molecule has 2 unspecified atom stereocenters. The Labute approximate surface area is 112 Å². The van der Waals surface area contributed by atoms with E-state index in [1.165, 1.54) is 6.42 Å². The van der Waals surface area contributed by atoms with E-state index in [-0.39, 0.29) is 5.91 Å². The van der Waals surface area contributed by atoms with E-state index in [0.29, 0.717) is 0 Å². The van der Waals surface area contributed by atoms with Crippen LogP contribution in [0.2, 0.25) is 0 Å². The fourth-order valence-electron chi connectivity index (χ4n) is 1.98. The van der Waals surface area contributed by atoms with E-state index >= 15 is 0 Å². The van der Waals surface area contributed by atoms with Crippen LogP contribution in [0.5, 0.6) is 0 Å². The van der Waals surface area contributed by atoms with Crippen LogP contribution in [0.4, 0.5) is 0 Å². The fourth-order valence-corrected chi connectivity index (χ4v) is 1.98. The number of hydrogen-bond acceptors (Lipinski definition) is 3. The number of carbonyl (C=O) groups is 1. The monoisotopic (exact) mass is 257 g/mol. The number of hydrogen-bond donors (Lipinski definition) is 2. The Bertz CT molecular complexity index is 245. The standard InChI is InChI=1S/C14H31N3O/c1-6-12(2)11-17(5)10-8-7-9-14(3,16-4)13(15)18/h12,16H,6-11H2,1-5H3,(H2,15,18). The summed E-state index contributed by atoms with van der Waals surface area (Å²) in [5.74, 6) is 0.487. The van der Waals surface area contributed by atoms with Crippen molar-refractivity contribution >= 4 is 5.91 Å². The van der Waals surface area contributed by atoms with Crippen LogP contribution >= 0.6 is 0 Å². The van der Waals surface area contributed by atoms with Crippen LogP contribution in [-0.2, 0) is 4.79 Å². The molecule has 0 bridgehead atoms. The second-order valence-electron chi connectivity index (χ2n) is 5.68. The number of carbonyl (C=O) groups excluding carboxylic acids is 1. The van der Waals surface area contributed by atoms with Crippen molar-refractivity contribution in [2.24, 2.45) is 11.7 Å². The molecule has 0 fully saturated rings. The van der Waals surface area contributed by atoms with Crippen molar-refractivity contribution in [3.05, 3.63) is 0 Å². The number of likely N-dealkylation sites (N-methyl/N-ethyl adjacent to an activating group) is 1. The number of primary amides is 1. The van der Waals surface area contributed by atoms with Crippen LogP contribution < -0.4 is 11.1 Å². The van der Waals surface area contributed by atoms with Gasteiger partial charge < -0.3 is 16.0 Å². The number of unbranched alkanes of at least 4 members (excludes halogenated alkanes) is 1. The quantitative estimate of drug-likeness (QED) is 0.584. The van der Waals surface area contributed by atoms with Gasteiger partial charge in [0.2, 0.25) is 5.91 Å². The summed E-state index contributed by atoms with van der Waals surface area (Å²) in [5, 5.41) is 3.02. The third-order valence-corrected chi connectivity index (χ3v) is 3.88. The van der Waals surface area contributed by atoms with E-state index < -0.39 is 5.54 Å². The molecule has 0 spiro atoms. The molecule has 0 aliphatic rings. The lowest BCUT2D eigenvalue weighted by Gasteiger charge is -2.26. The lowest BCUT2D eigenvalue weighted by molar-refractivity contribution is -0.123. The van der Waals surface area contributed by atoms with Crippen LogP contribution in [0, 0.1) is 5.92 Å². The zero-order valence-electron chi connectivity index (χ0n) is 12.8. The largest absolute Gasteiger partial charge is 0.368 e. The van der Waals surface area contributed by atoms with Crippen molar-refractivity contribution in [3.63, 3.8) is 0 Å². The molecule has 0 aromatic rings. The van der Waals surface area contributed by atoms with Gasteiger partial charge in [0.05, 0.1) is 5.54 Å². The minimum Gasteiger partial charge on any atom is -0.368 e. The Morgan fingerprint density at radius 1 is 1.44 bits per heavy atom. The van der Waals surface area contributed by atoms with Gasteiger partial charge in [-0.3, -0.25) is 4.79 Å². The Kier molecular flexibility index (Phi) is 8.20. The molecule has 0 aliphatic heterocycles. The highest BCUT2D eigenvalue weighted by Gasteiger charge is 2.27. The summed E-state index contributed by atoms with van der Waals surface area (Å²) >= 11 is 0. The zero-order chi connectivity index (χ0) is 14.2. The fraction of sp³-hybridized carbons (Fsp3) is 0.929. The van der Waals surface area contributed by atoms with Gasteiger partial charge in [0.25, 0.3) is 0 Å². The molecule has 108 valence electrons. The lowest BCUT2D eigenvalue weighted by atomic mass is 9.94. The second-order valence-corrected chi connectivity index (χ2v) is 5.68. The van der Waals surface area contributed by atoms with E-state index in [4.69, 9.17) is 5.73 Å². The first-order valence-corrected chi connectivity index (χ1v) is 7.03. The summed E-state index contributed by atoms with van der Waals surface area (Å²) < 4.78 is 0. The van der Waals surface area contributed by atoms with Crippen molar-refractivity contribution in [1.82, 2.24) is 10.2 Å². The smallest absolute Gasteiger partial charge is 0.237 e. The van der Waals surface area contributed by atoms with Crippen molar-refractivity contribution in [2.75, 3.05) is 27.2 Å². The average molecular weight is 257 g/mol. The molecule has 0 aromatic heterocycles. The maximum atomic E-state index is 11.3. The van der Waals surface area contributed by atoms with Crippen molar-refractivity contribution in [2.45, 2.75) is 52.0 Å². The summed E-state index contributed by atoms with van der Waals surface area (Å²) in [5.41, 5.74) is 4.84. The molecule has 0 aliphatic carbocycles. The number of amides is 1. The van der Waals surface area contributed by atoms with Crippen LogP contribution in [0.1, 0.15) is 46.5 Å². The highest BCUT2D eigenvalue weighted by molar-refractivity contribution is 5.84. The van der Waals surface area contributed by atoms with E-state index in [2.05, 4.69) is 31.1 Å². The van der Waals surface area contributed by atoms with E-state index in [1.54, 1.807) is 7.05 Å². The van der Waals surface area contributed by atoms with Crippen LogP contribution in [-0.4, -0.2) is 43.5 Å². The lowest BCUT2D eigenvalue weighted by Crippen LogP contribution is -2.51.